The van der Waals surface area contributed by atoms with Gasteiger partial charge < -0.3 is 15.0 Å². The van der Waals surface area contributed by atoms with E-state index in [1.807, 2.05) is 31.2 Å². The van der Waals surface area contributed by atoms with Crippen LogP contribution in [0.1, 0.15) is 35.3 Å². The summed E-state index contributed by atoms with van der Waals surface area (Å²) in [7, 11) is -3.76. The summed E-state index contributed by atoms with van der Waals surface area (Å²) in [4.78, 5) is 19.4. The van der Waals surface area contributed by atoms with E-state index in [0.29, 0.717) is 17.8 Å². The molecule has 0 aliphatic carbocycles. The Morgan fingerprint density at radius 3 is 2.34 bits per heavy atom. The molecular weight excluding hydrogens is 464 g/mol. The topological polar surface area (TPSA) is 101 Å². The standard InChI is InChI=1S/C26H30N4O4S/c1-18-6-4-5-7-24(18)29-35(32,33)23-11-9-22(10-12-23)26(31)28-15-21-8-13-25(27-14-21)30-16-19(2)34-20(3)17-30/h4-14,19-20,29H,15-17H2,1-3H3,(H,28,31). The van der Waals surface area contributed by atoms with Crippen molar-refractivity contribution >= 4 is 27.4 Å². The van der Waals surface area contributed by atoms with E-state index in [1.165, 1.54) is 24.3 Å². The Labute approximate surface area is 206 Å². The van der Waals surface area contributed by atoms with Gasteiger partial charge >= 0.3 is 0 Å². The summed E-state index contributed by atoms with van der Waals surface area (Å²) in [6, 6.07) is 16.9. The van der Waals surface area contributed by atoms with Gasteiger partial charge in [-0.1, -0.05) is 24.3 Å². The molecule has 9 heteroatoms. The van der Waals surface area contributed by atoms with Crippen molar-refractivity contribution < 1.29 is 17.9 Å². The Bertz CT molecular complexity index is 1270. The highest BCUT2D eigenvalue weighted by Gasteiger charge is 2.23. The van der Waals surface area contributed by atoms with Gasteiger partial charge in [-0.3, -0.25) is 9.52 Å². The number of nitrogens with zero attached hydrogens (tertiary/aromatic N) is 2. The zero-order valence-corrected chi connectivity index (χ0v) is 20.9. The Balaban J connectivity index is 1.34. The molecule has 0 saturated carbocycles. The van der Waals surface area contributed by atoms with Crippen molar-refractivity contribution in [3.05, 3.63) is 83.6 Å². The lowest BCUT2D eigenvalue weighted by Crippen LogP contribution is -2.45. The maximum atomic E-state index is 12.7. The summed E-state index contributed by atoms with van der Waals surface area (Å²) < 4.78 is 33.7. The molecule has 1 saturated heterocycles. The first-order valence-electron chi connectivity index (χ1n) is 11.5. The van der Waals surface area contributed by atoms with Crippen LogP contribution >= 0.6 is 0 Å². The van der Waals surface area contributed by atoms with Crippen molar-refractivity contribution in [1.82, 2.24) is 10.3 Å². The molecule has 0 radical (unpaired) electrons. The first-order valence-corrected chi connectivity index (χ1v) is 13.0. The van der Waals surface area contributed by atoms with E-state index in [2.05, 4.69) is 33.8 Å². The third kappa shape index (κ3) is 6.17. The van der Waals surface area contributed by atoms with Gasteiger partial charge in [0, 0.05) is 31.4 Å². The molecule has 0 bridgehead atoms. The number of amides is 1. The van der Waals surface area contributed by atoms with Crippen LogP contribution in [-0.4, -0.2) is 44.6 Å². The van der Waals surface area contributed by atoms with Crippen LogP contribution < -0.4 is 14.9 Å². The number of hydrogen-bond donors (Lipinski definition) is 2. The summed E-state index contributed by atoms with van der Waals surface area (Å²) in [6.45, 7) is 7.83. The molecule has 8 nitrogen and oxygen atoms in total. The van der Waals surface area contributed by atoms with Gasteiger partial charge in [0.1, 0.15) is 5.82 Å². The van der Waals surface area contributed by atoms with Crippen LogP contribution in [0, 0.1) is 6.92 Å². The molecule has 2 aromatic carbocycles. The number of rotatable bonds is 7. The fraction of sp³-hybridized carbons (Fsp3) is 0.308. The van der Waals surface area contributed by atoms with Gasteiger partial charge in [-0.2, -0.15) is 0 Å². The molecule has 0 spiro atoms. The van der Waals surface area contributed by atoms with Crippen LogP contribution in [0.15, 0.2) is 71.8 Å². The van der Waals surface area contributed by atoms with Crippen LogP contribution in [0.5, 0.6) is 0 Å². The summed E-state index contributed by atoms with van der Waals surface area (Å²) in [5, 5.41) is 2.86. The van der Waals surface area contributed by atoms with Crippen molar-refractivity contribution in [2.75, 3.05) is 22.7 Å². The molecule has 2 heterocycles. The number of hydrogen-bond acceptors (Lipinski definition) is 6. The smallest absolute Gasteiger partial charge is 0.261 e. The Hall–Kier alpha value is -3.43. The molecule has 35 heavy (non-hydrogen) atoms. The first kappa shape index (κ1) is 24.7. The molecule has 1 amide bonds. The SMILES string of the molecule is Cc1ccccc1NS(=O)(=O)c1ccc(C(=O)NCc2ccc(N3CC(C)OC(C)C3)nc2)cc1. The number of ether oxygens (including phenoxy) is 1. The highest BCUT2D eigenvalue weighted by Crippen LogP contribution is 2.20. The normalized spacial score (nSPS) is 18.2. The van der Waals surface area contributed by atoms with Crippen molar-refractivity contribution in [2.45, 2.75) is 44.4 Å². The molecule has 1 aliphatic heterocycles. The van der Waals surface area contributed by atoms with E-state index in [0.717, 1.165) is 30.0 Å². The predicted octanol–water partition coefficient (Wildman–Crippen LogP) is 3.73. The number of anilines is 2. The molecule has 2 unspecified atom stereocenters. The largest absolute Gasteiger partial charge is 0.372 e. The van der Waals surface area contributed by atoms with Gasteiger partial charge in [-0.15, -0.1) is 0 Å². The van der Waals surface area contributed by atoms with Crippen molar-refractivity contribution in [3.8, 4) is 0 Å². The second-order valence-electron chi connectivity index (χ2n) is 8.81. The molecule has 1 fully saturated rings. The minimum atomic E-state index is -3.76. The minimum absolute atomic E-state index is 0.0869. The molecule has 184 valence electrons. The van der Waals surface area contributed by atoms with Gasteiger partial charge in [-0.25, -0.2) is 13.4 Å². The van der Waals surface area contributed by atoms with Crippen LogP contribution in [-0.2, 0) is 21.3 Å². The summed E-state index contributed by atoms with van der Waals surface area (Å²) in [5.74, 6) is 0.596. The average Bonchev–Trinajstić information content (AvgIpc) is 2.84. The number of carbonyl (C=O) groups is 1. The summed E-state index contributed by atoms with van der Waals surface area (Å²) >= 11 is 0. The molecule has 2 atom stereocenters. The number of para-hydroxylation sites is 1. The fourth-order valence-corrected chi connectivity index (χ4v) is 5.17. The second kappa shape index (κ2) is 10.5. The van der Waals surface area contributed by atoms with E-state index in [4.69, 9.17) is 4.74 Å². The Morgan fingerprint density at radius 1 is 1.03 bits per heavy atom. The van der Waals surface area contributed by atoms with Gasteiger partial charge in [-0.05, 0) is 68.3 Å². The first-order chi connectivity index (χ1) is 16.7. The number of benzene rings is 2. The van der Waals surface area contributed by atoms with Crippen LogP contribution in [0.3, 0.4) is 0 Å². The highest BCUT2D eigenvalue weighted by molar-refractivity contribution is 7.92. The lowest BCUT2D eigenvalue weighted by Gasteiger charge is -2.36. The maximum absolute atomic E-state index is 12.7. The zero-order chi connectivity index (χ0) is 25.0. The molecule has 1 aromatic heterocycles. The monoisotopic (exact) mass is 494 g/mol. The van der Waals surface area contributed by atoms with E-state index in [9.17, 15) is 13.2 Å². The number of aryl methyl sites for hydroxylation is 1. The van der Waals surface area contributed by atoms with Crippen molar-refractivity contribution in [3.63, 3.8) is 0 Å². The van der Waals surface area contributed by atoms with E-state index >= 15 is 0 Å². The number of nitrogens with one attached hydrogen (secondary N) is 2. The lowest BCUT2D eigenvalue weighted by molar-refractivity contribution is -0.00546. The van der Waals surface area contributed by atoms with Crippen LogP contribution in [0.25, 0.3) is 0 Å². The molecule has 2 N–H and O–H groups in total. The quantitative estimate of drug-likeness (QED) is 0.519. The maximum Gasteiger partial charge on any atom is 0.261 e. The van der Waals surface area contributed by atoms with Gasteiger partial charge in [0.15, 0.2) is 0 Å². The summed E-state index contributed by atoms with van der Waals surface area (Å²) in [6.07, 6.45) is 2.06. The van der Waals surface area contributed by atoms with E-state index < -0.39 is 10.0 Å². The van der Waals surface area contributed by atoms with E-state index in [-0.39, 0.29) is 23.0 Å². The average molecular weight is 495 g/mol. The zero-order valence-electron chi connectivity index (χ0n) is 20.1. The van der Waals surface area contributed by atoms with Gasteiger partial charge in [0.25, 0.3) is 15.9 Å². The number of pyridine rings is 1. The summed E-state index contributed by atoms with van der Waals surface area (Å²) in [5.41, 5.74) is 2.59. The third-order valence-electron chi connectivity index (χ3n) is 5.82. The Kier molecular flexibility index (Phi) is 7.37. The molecule has 4 rings (SSSR count). The van der Waals surface area contributed by atoms with Crippen LogP contribution in [0.4, 0.5) is 11.5 Å². The second-order valence-corrected chi connectivity index (χ2v) is 10.5. The molecular formula is C26H30N4O4S. The third-order valence-corrected chi connectivity index (χ3v) is 7.20. The van der Waals surface area contributed by atoms with E-state index in [1.54, 1.807) is 18.3 Å². The van der Waals surface area contributed by atoms with Crippen LogP contribution in [0.2, 0.25) is 0 Å². The minimum Gasteiger partial charge on any atom is -0.372 e. The molecule has 1 aliphatic rings. The lowest BCUT2D eigenvalue weighted by atomic mass is 10.2. The highest BCUT2D eigenvalue weighted by atomic mass is 32.2. The predicted molar refractivity (Wildman–Crippen MR) is 136 cm³/mol. The van der Waals surface area contributed by atoms with Gasteiger partial charge in [0.2, 0.25) is 0 Å². The Morgan fingerprint density at radius 2 is 1.71 bits per heavy atom. The number of aromatic nitrogens is 1. The number of sulfonamides is 1. The van der Waals surface area contributed by atoms with Crippen molar-refractivity contribution in [1.29, 1.82) is 0 Å². The fourth-order valence-electron chi connectivity index (χ4n) is 4.03. The van der Waals surface area contributed by atoms with Crippen molar-refractivity contribution in [2.24, 2.45) is 0 Å². The number of carbonyl (C=O) groups excluding carboxylic acids is 1. The van der Waals surface area contributed by atoms with Gasteiger partial charge in [0.05, 0.1) is 22.8 Å². The molecule has 3 aromatic rings. The number of morpholine rings is 1.